The van der Waals surface area contributed by atoms with Gasteiger partial charge in [-0.2, -0.15) is 0 Å². The molecule has 0 atom stereocenters. The molecule has 0 unspecified atom stereocenters. The van der Waals surface area contributed by atoms with Crippen LogP contribution in [-0.2, 0) is 0 Å². The molecule has 0 amide bonds. The summed E-state index contributed by atoms with van der Waals surface area (Å²) in [5.74, 6) is -1.89. The lowest BCUT2D eigenvalue weighted by molar-refractivity contribution is 0.103. The molecule has 4 nitrogen and oxygen atoms in total. The van der Waals surface area contributed by atoms with Gasteiger partial charge in [0, 0.05) is 16.7 Å². The lowest BCUT2D eigenvalue weighted by Crippen LogP contribution is -2.28. The fraction of sp³-hybridized carbons (Fsp3) is 0.150. The average molecular weight is 409 g/mol. The van der Waals surface area contributed by atoms with E-state index < -0.39 is 23.0 Å². The molecule has 0 saturated heterocycles. The molecule has 0 spiro atoms. The molecular formula is C20H15Cl2FO4. The molecule has 7 heteroatoms. The minimum absolute atomic E-state index is 0.0612. The van der Waals surface area contributed by atoms with Gasteiger partial charge in [0.15, 0.2) is 5.78 Å². The fourth-order valence-corrected chi connectivity index (χ4v) is 3.17. The van der Waals surface area contributed by atoms with Crippen LogP contribution in [0.15, 0.2) is 30.4 Å². The zero-order valence-corrected chi connectivity index (χ0v) is 15.9. The van der Waals surface area contributed by atoms with E-state index in [0.717, 1.165) is 18.2 Å². The molecule has 2 N–H and O–H groups in total. The minimum atomic E-state index is -0.735. The van der Waals surface area contributed by atoms with Gasteiger partial charge in [0.05, 0.1) is 10.6 Å². The maximum absolute atomic E-state index is 13.6. The van der Waals surface area contributed by atoms with Crippen LogP contribution in [0.1, 0.15) is 35.3 Å². The van der Waals surface area contributed by atoms with Gasteiger partial charge in [0.2, 0.25) is 0 Å². The van der Waals surface area contributed by atoms with Crippen LogP contribution in [-0.4, -0.2) is 21.6 Å². The molecule has 1 heterocycles. The number of phenols is 2. The molecule has 3 rings (SSSR count). The van der Waals surface area contributed by atoms with Gasteiger partial charge < -0.3 is 14.9 Å². The monoisotopic (exact) mass is 408 g/mol. The van der Waals surface area contributed by atoms with Crippen LogP contribution < -0.4 is 4.74 Å². The number of allylic oxidation sites excluding steroid dienone is 1. The van der Waals surface area contributed by atoms with E-state index in [1.807, 2.05) is 0 Å². The lowest BCUT2D eigenvalue weighted by Gasteiger charge is -2.29. The molecule has 140 valence electrons. The second-order valence-electron chi connectivity index (χ2n) is 6.53. The Bertz CT molecular complexity index is 1010. The number of hydrogen-bond acceptors (Lipinski definition) is 4. The van der Waals surface area contributed by atoms with Crippen LogP contribution >= 0.6 is 23.2 Å². The number of phenolic OH excluding ortho intramolecular Hbond substituents is 2. The van der Waals surface area contributed by atoms with Gasteiger partial charge in [-0.3, -0.25) is 4.79 Å². The molecule has 0 radical (unpaired) electrons. The Morgan fingerprint density at radius 1 is 1.22 bits per heavy atom. The number of halogens is 3. The van der Waals surface area contributed by atoms with Crippen LogP contribution in [0.3, 0.4) is 0 Å². The molecule has 0 fully saturated rings. The summed E-state index contributed by atoms with van der Waals surface area (Å²) in [6.45, 7) is 3.54. The SMILES string of the molecule is CC1(C)C=Cc2c(O)cc(O)c(C(=O)/C=C/c3c(Cl)ccc(F)c3Cl)c2O1. The highest BCUT2D eigenvalue weighted by Crippen LogP contribution is 2.44. The summed E-state index contributed by atoms with van der Waals surface area (Å²) < 4.78 is 19.4. The zero-order valence-electron chi connectivity index (χ0n) is 14.4. The van der Waals surface area contributed by atoms with E-state index in [-0.39, 0.29) is 38.2 Å². The highest BCUT2D eigenvalue weighted by Gasteiger charge is 2.30. The second-order valence-corrected chi connectivity index (χ2v) is 7.31. The summed E-state index contributed by atoms with van der Waals surface area (Å²) in [6, 6.07) is 3.51. The number of rotatable bonds is 3. The summed E-state index contributed by atoms with van der Waals surface area (Å²) in [6.07, 6.45) is 5.71. The van der Waals surface area contributed by atoms with Crippen molar-refractivity contribution in [1.29, 1.82) is 0 Å². The molecule has 2 aromatic carbocycles. The fourth-order valence-electron chi connectivity index (χ4n) is 2.67. The molecule has 1 aliphatic heterocycles. The van der Waals surface area contributed by atoms with Crippen molar-refractivity contribution >= 4 is 41.1 Å². The van der Waals surface area contributed by atoms with Gasteiger partial charge in [-0.15, -0.1) is 0 Å². The van der Waals surface area contributed by atoms with Crippen LogP contribution in [0.2, 0.25) is 10.0 Å². The molecule has 0 aromatic heterocycles. The highest BCUT2D eigenvalue weighted by atomic mass is 35.5. The van der Waals surface area contributed by atoms with Gasteiger partial charge in [-0.05, 0) is 50.3 Å². The maximum atomic E-state index is 13.6. The third-order valence-corrected chi connectivity index (χ3v) is 4.73. The van der Waals surface area contributed by atoms with Crippen molar-refractivity contribution in [1.82, 2.24) is 0 Å². The molecule has 2 aromatic rings. The molecule has 0 aliphatic carbocycles. The Hall–Kier alpha value is -2.50. The van der Waals surface area contributed by atoms with E-state index in [2.05, 4.69) is 0 Å². The molecular weight excluding hydrogens is 394 g/mol. The Kier molecular flexibility index (Phi) is 4.93. The van der Waals surface area contributed by atoms with Crippen LogP contribution in [0.4, 0.5) is 4.39 Å². The first-order valence-corrected chi connectivity index (χ1v) is 8.69. The largest absolute Gasteiger partial charge is 0.507 e. The Morgan fingerprint density at radius 3 is 2.63 bits per heavy atom. The number of ketones is 1. The normalized spacial score (nSPS) is 14.9. The smallest absolute Gasteiger partial charge is 0.193 e. The van der Waals surface area contributed by atoms with Crippen molar-refractivity contribution < 1.29 is 24.1 Å². The van der Waals surface area contributed by atoms with Crippen molar-refractivity contribution in [2.45, 2.75) is 19.4 Å². The molecule has 0 saturated carbocycles. The summed E-state index contributed by atoms with van der Waals surface area (Å²) in [4.78, 5) is 12.7. The van der Waals surface area contributed by atoms with E-state index in [9.17, 15) is 19.4 Å². The number of fused-ring (bicyclic) bond motifs is 1. The third-order valence-electron chi connectivity index (χ3n) is 4.02. The topological polar surface area (TPSA) is 66.8 Å². The first-order chi connectivity index (χ1) is 12.6. The first-order valence-electron chi connectivity index (χ1n) is 7.94. The number of benzene rings is 2. The third kappa shape index (κ3) is 3.66. The number of aromatic hydroxyl groups is 2. The van der Waals surface area contributed by atoms with Gasteiger partial charge in [0.1, 0.15) is 34.2 Å². The van der Waals surface area contributed by atoms with Gasteiger partial charge in [0.25, 0.3) is 0 Å². The van der Waals surface area contributed by atoms with Crippen molar-refractivity contribution in [3.05, 3.63) is 62.9 Å². The Balaban J connectivity index is 2.07. The summed E-state index contributed by atoms with van der Waals surface area (Å²) >= 11 is 11.9. The standard InChI is InChI=1S/C20H15Cl2FO4/c1-20(2)8-7-11-15(25)9-16(26)17(19(11)27-20)14(24)6-3-10-12(21)4-5-13(23)18(10)22/h3-9,25-26H,1-2H3/b6-3+. The number of carbonyl (C=O) groups is 1. The summed E-state index contributed by atoms with van der Waals surface area (Å²) in [5.41, 5.74) is -0.438. The van der Waals surface area contributed by atoms with E-state index >= 15 is 0 Å². The molecule has 27 heavy (non-hydrogen) atoms. The molecule has 0 bridgehead atoms. The van der Waals surface area contributed by atoms with Crippen LogP contribution in [0.25, 0.3) is 12.2 Å². The van der Waals surface area contributed by atoms with Crippen molar-refractivity contribution in [2.75, 3.05) is 0 Å². The average Bonchev–Trinajstić information content (AvgIpc) is 2.57. The van der Waals surface area contributed by atoms with Gasteiger partial charge in [-0.1, -0.05) is 23.2 Å². The van der Waals surface area contributed by atoms with Gasteiger partial charge in [-0.25, -0.2) is 4.39 Å². The van der Waals surface area contributed by atoms with E-state index in [1.165, 1.54) is 12.1 Å². The second kappa shape index (κ2) is 6.91. The van der Waals surface area contributed by atoms with Gasteiger partial charge >= 0.3 is 0 Å². The summed E-state index contributed by atoms with van der Waals surface area (Å²) in [5, 5.41) is 20.2. The quantitative estimate of drug-likeness (QED) is 0.392. The number of ether oxygens (including phenoxy) is 1. The Morgan fingerprint density at radius 2 is 1.93 bits per heavy atom. The van der Waals surface area contributed by atoms with E-state index in [4.69, 9.17) is 27.9 Å². The van der Waals surface area contributed by atoms with Crippen LogP contribution in [0.5, 0.6) is 17.2 Å². The lowest BCUT2D eigenvalue weighted by atomic mass is 9.96. The maximum Gasteiger partial charge on any atom is 0.193 e. The predicted molar refractivity (Wildman–Crippen MR) is 103 cm³/mol. The highest BCUT2D eigenvalue weighted by molar-refractivity contribution is 6.37. The van der Waals surface area contributed by atoms with Crippen molar-refractivity contribution in [2.24, 2.45) is 0 Å². The predicted octanol–water partition coefficient (Wildman–Crippen LogP) is 5.62. The summed E-state index contributed by atoms with van der Waals surface area (Å²) in [7, 11) is 0. The zero-order chi connectivity index (χ0) is 19.9. The van der Waals surface area contributed by atoms with Crippen molar-refractivity contribution in [3.8, 4) is 17.2 Å². The van der Waals surface area contributed by atoms with Crippen molar-refractivity contribution in [3.63, 3.8) is 0 Å². The number of hydrogen-bond donors (Lipinski definition) is 2. The first kappa shape index (κ1) is 19.3. The van der Waals surface area contributed by atoms with E-state index in [0.29, 0.717) is 0 Å². The van der Waals surface area contributed by atoms with E-state index in [1.54, 1.807) is 26.0 Å². The number of carbonyl (C=O) groups excluding carboxylic acids is 1. The molecule has 1 aliphatic rings. The van der Waals surface area contributed by atoms with Crippen LogP contribution in [0, 0.1) is 5.82 Å². The minimum Gasteiger partial charge on any atom is -0.507 e. The Labute approximate surface area is 165 Å².